The third-order valence-electron chi connectivity index (χ3n) is 3.46. The van der Waals surface area contributed by atoms with Crippen molar-refractivity contribution in [1.82, 2.24) is 10.2 Å². The van der Waals surface area contributed by atoms with Crippen molar-refractivity contribution in [3.05, 3.63) is 29.3 Å². The van der Waals surface area contributed by atoms with E-state index in [9.17, 15) is 4.79 Å². The molecule has 0 spiro atoms. The second-order valence-corrected chi connectivity index (χ2v) is 4.83. The number of rotatable bonds is 5. The molecule has 0 atom stereocenters. The van der Waals surface area contributed by atoms with Crippen LogP contribution in [0.3, 0.4) is 0 Å². The van der Waals surface area contributed by atoms with E-state index in [-0.39, 0.29) is 5.91 Å². The topological polar surface area (TPSA) is 65.4 Å². The van der Waals surface area contributed by atoms with Crippen molar-refractivity contribution in [2.45, 2.75) is 19.4 Å². The van der Waals surface area contributed by atoms with Gasteiger partial charge in [-0.3, -0.25) is 4.79 Å². The van der Waals surface area contributed by atoms with E-state index < -0.39 is 0 Å². The minimum Gasteiger partial charge on any atom is -0.496 e. The van der Waals surface area contributed by atoms with E-state index in [1.54, 1.807) is 25.3 Å². The largest absolute Gasteiger partial charge is 0.496 e. The smallest absolute Gasteiger partial charge is 0.236 e. The van der Waals surface area contributed by atoms with Gasteiger partial charge in [-0.2, -0.15) is 5.26 Å². The van der Waals surface area contributed by atoms with E-state index in [1.165, 1.54) is 0 Å². The molecule has 0 radical (unpaired) electrons. The van der Waals surface area contributed by atoms with Crippen LogP contribution in [-0.4, -0.2) is 37.6 Å². The Hall–Kier alpha value is -2.06. The molecule has 1 heterocycles. The lowest BCUT2D eigenvalue weighted by atomic mass is 10.1. The number of nitriles is 1. The van der Waals surface area contributed by atoms with Gasteiger partial charge in [0.1, 0.15) is 5.75 Å². The van der Waals surface area contributed by atoms with Crippen LogP contribution in [0, 0.1) is 11.3 Å². The van der Waals surface area contributed by atoms with Crippen LogP contribution in [0.4, 0.5) is 0 Å². The van der Waals surface area contributed by atoms with E-state index in [0.717, 1.165) is 37.2 Å². The number of nitrogens with zero attached hydrogens (tertiary/aromatic N) is 2. The molecule has 0 aliphatic carbocycles. The number of likely N-dealkylation sites (tertiary alicyclic amines) is 1. The second kappa shape index (κ2) is 6.92. The summed E-state index contributed by atoms with van der Waals surface area (Å²) in [4.78, 5) is 13.8. The van der Waals surface area contributed by atoms with Crippen molar-refractivity contribution in [2.75, 3.05) is 26.7 Å². The summed E-state index contributed by atoms with van der Waals surface area (Å²) in [5.74, 6) is 0.864. The van der Waals surface area contributed by atoms with Crippen molar-refractivity contribution < 1.29 is 9.53 Å². The monoisotopic (exact) mass is 273 g/mol. The molecule has 1 aromatic rings. The Morgan fingerprint density at radius 1 is 1.45 bits per heavy atom. The lowest BCUT2D eigenvalue weighted by molar-refractivity contribution is -0.129. The average molecular weight is 273 g/mol. The molecule has 5 nitrogen and oxygen atoms in total. The van der Waals surface area contributed by atoms with Crippen molar-refractivity contribution in [1.29, 1.82) is 5.26 Å². The number of methoxy groups -OCH3 is 1. The summed E-state index contributed by atoms with van der Waals surface area (Å²) in [6.45, 7) is 2.57. The van der Waals surface area contributed by atoms with Gasteiger partial charge in [0.2, 0.25) is 5.91 Å². The number of hydrogen-bond acceptors (Lipinski definition) is 4. The lowest BCUT2D eigenvalue weighted by Crippen LogP contribution is -2.36. The van der Waals surface area contributed by atoms with Gasteiger partial charge in [-0.05, 0) is 31.0 Å². The number of amides is 1. The number of ether oxygens (including phenoxy) is 1. The third-order valence-corrected chi connectivity index (χ3v) is 3.46. The summed E-state index contributed by atoms with van der Waals surface area (Å²) in [5, 5.41) is 12.0. The van der Waals surface area contributed by atoms with Crippen LogP contribution in [0.25, 0.3) is 0 Å². The molecular weight excluding hydrogens is 254 g/mol. The van der Waals surface area contributed by atoms with Crippen molar-refractivity contribution in [3.8, 4) is 11.8 Å². The summed E-state index contributed by atoms with van der Waals surface area (Å²) in [5.41, 5.74) is 1.48. The molecule has 1 saturated heterocycles. The molecular formula is C15H19N3O2. The SMILES string of the molecule is COc1ccc(C#N)cc1CNCC(=O)N1CCCC1. The van der Waals surface area contributed by atoms with Gasteiger partial charge in [-0.15, -0.1) is 0 Å². The fraction of sp³-hybridized carbons (Fsp3) is 0.467. The van der Waals surface area contributed by atoms with Gasteiger partial charge in [-0.1, -0.05) is 0 Å². The minimum atomic E-state index is 0.137. The fourth-order valence-electron chi connectivity index (χ4n) is 2.37. The summed E-state index contributed by atoms with van der Waals surface area (Å²) in [6.07, 6.45) is 2.20. The molecule has 0 bridgehead atoms. The third kappa shape index (κ3) is 3.49. The Morgan fingerprint density at radius 2 is 2.20 bits per heavy atom. The highest BCUT2D eigenvalue weighted by Gasteiger charge is 2.17. The highest BCUT2D eigenvalue weighted by molar-refractivity contribution is 5.78. The van der Waals surface area contributed by atoms with Gasteiger partial charge in [0, 0.05) is 25.2 Å². The highest BCUT2D eigenvalue weighted by Crippen LogP contribution is 2.19. The van der Waals surface area contributed by atoms with Crippen LogP contribution >= 0.6 is 0 Å². The summed E-state index contributed by atoms with van der Waals surface area (Å²) < 4.78 is 5.26. The second-order valence-electron chi connectivity index (χ2n) is 4.83. The maximum Gasteiger partial charge on any atom is 0.236 e. The van der Waals surface area contributed by atoms with E-state index in [4.69, 9.17) is 10.00 Å². The zero-order valence-corrected chi connectivity index (χ0v) is 11.7. The maximum absolute atomic E-state index is 11.9. The number of hydrogen-bond donors (Lipinski definition) is 1. The van der Waals surface area contributed by atoms with Crippen molar-refractivity contribution in [2.24, 2.45) is 0 Å². The molecule has 1 amide bonds. The van der Waals surface area contributed by atoms with Crippen LogP contribution in [0.2, 0.25) is 0 Å². The van der Waals surface area contributed by atoms with Gasteiger partial charge in [0.05, 0.1) is 25.3 Å². The Morgan fingerprint density at radius 3 is 2.85 bits per heavy atom. The minimum absolute atomic E-state index is 0.137. The zero-order valence-electron chi connectivity index (χ0n) is 11.7. The Kier molecular flexibility index (Phi) is 4.97. The van der Waals surface area contributed by atoms with Gasteiger partial charge in [0.25, 0.3) is 0 Å². The number of carbonyl (C=O) groups excluding carboxylic acids is 1. The molecule has 1 fully saturated rings. The molecule has 1 aliphatic rings. The first-order valence-electron chi connectivity index (χ1n) is 6.80. The van der Waals surface area contributed by atoms with Gasteiger partial charge < -0.3 is 15.0 Å². The van der Waals surface area contributed by atoms with E-state index in [2.05, 4.69) is 11.4 Å². The molecule has 20 heavy (non-hydrogen) atoms. The quantitative estimate of drug-likeness (QED) is 0.877. The van der Waals surface area contributed by atoms with Crippen LogP contribution in [0.1, 0.15) is 24.0 Å². The molecule has 1 N–H and O–H groups in total. The molecule has 1 aromatic carbocycles. The molecule has 0 unspecified atom stereocenters. The highest BCUT2D eigenvalue weighted by atomic mass is 16.5. The van der Waals surface area contributed by atoms with Gasteiger partial charge in [0.15, 0.2) is 0 Å². The number of nitrogens with one attached hydrogen (secondary N) is 1. The molecule has 2 rings (SSSR count). The number of benzene rings is 1. The predicted octanol–water partition coefficient (Wildman–Crippen LogP) is 1.28. The Labute approximate surface area is 119 Å². The van der Waals surface area contributed by atoms with Gasteiger partial charge in [-0.25, -0.2) is 0 Å². The molecule has 0 saturated carbocycles. The number of carbonyl (C=O) groups is 1. The molecule has 106 valence electrons. The van der Waals surface area contributed by atoms with Crippen molar-refractivity contribution >= 4 is 5.91 Å². The Balaban J connectivity index is 1.90. The van der Waals surface area contributed by atoms with E-state index in [0.29, 0.717) is 18.7 Å². The van der Waals surface area contributed by atoms with Crippen LogP contribution in [-0.2, 0) is 11.3 Å². The van der Waals surface area contributed by atoms with Crippen LogP contribution in [0.5, 0.6) is 5.75 Å². The van der Waals surface area contributed by atoms with Crippen LogP contribution in [0.15, 0.2) is 18.2 Å². The molecule has 0 aromatic heterocycles. The Bertz CT molecular complexity index is 516. The van der Waals surface area contributed by atoms with Gasteiger partial charge >= 0.3 is 0 Å². The first-order valence-corrected chi connectivity index (χ1v) is 6.80. The summed E-state index contributed by atoms with van der Waals surface area (Å²) in [7, 11) is 1.60. The fourth-order valence-corrected chi connectivity index (χ4v) is 2.37. The molecule has 1 aliphatic heterocycles. The standard InChI is InChI=1S/C15H19N3O2/c1-20-14-5-4-12(9-16)8-13(14)10-17-11-15(19)18-6-2-3-7-18/h4-5,8,17H,2-3,6-7,10-11H2,1H3. The summed E-state index contributed by atoms with van der Waals surface area (Å²) in [6, 6.07) is 7.38. The zero-order chi connectivity index (χ0) is 14.4. The predicted molar refractivity (Wildman–Crippen MR) is 75.2 cm³/mol. The maximum atomic E-state index is 11.9. The average Bonchev–Trinajstić information content (AvgIpc) is 3.01. The molecule has 5 heteroatoms. The summed E-state index contributed by atoms with van der Waals surface area (Å²) >= 11 is 0. The van der Waals surface area contributed by atoms with Crippen LogP contribution < -0.4 is 10.1 Å². The normalized spacial score (nSPS) is 14.1. The first-order chi connectivity index (χ1) is 9.74. The van der Waals surface area contributed by atoms with Crippen molar-refractivity contribution in [3.63, 3.8) is 0 Å². The van der Waals surface area contributed by atoms with E-state index >= 15 is 0 Å². The lowest BCUT2D eigenvalue weighted by Gasteiger charge is -2.16. The first kappa shape index (κ1) is 14.4. The van der Waals surface area contributed by atoms with E-state index in [1.807, 2.05) is 4.90 Å².